The number of Topliss-reactive ketones (excluding diaryl/α,β-unsaturated/α-hetero) is 1. The van der Waals surface area contributed by atoms with Crippen LogP contribution in [0, 0.1) is 0 Å². The standard InChI is InChI=1S/C17H17F3N4O/c18-17(19,20)13-3-1-2-11(9-13)8-12-10-22-16(21)23-15(12)24-6-4-14(25)5-7-24/h1-3,9-10H,4-8H2,(H2,21,22,23). The Bertz CT molecular complexity index is 782. The van der Waals surface area contributed by atoms with Crippen LogP contribution >= 0.6 is 0 Å². The van der Waals surface area contributed by atoms with Gasteiger partial charge in [-0.05, 0) is 11.6 Å². The summed E-state index contributed by atoms with van der Waals surface area (Å²) in [6.07, 6.45) is -1.75. The second-order valence-corrected chi connectivity index (χ2v) is 5.98. The molecule has 1 aliphatic rings. The van der Waals surface area contributed by atoms with E-state index >= 15 is 0 Å². The van der Waals surface area contributed by atoms with Gasteiger partial charge in [-0.15, -0.1) is 0 Å². The van der Waals surface area contributed by atoms with Crippen molar-refractivity contribution in [2.24, 2.45) is 0 Å². The number of nitrogen functional groups attached to an aromatic ring is 1. The monoisotopic (exact) mass is 350 g/mol. The lowest BCUT2D eigenvalue weighted by molar-refractivity contribution is -0.137. The number of halogens is 3. The lowest BCUT2D eigenvalue weighted by atomic mass is 10.0. The van der Waals surface area contributed by atoms with Crippen LogP contribution in [-0.2, 0) is 17.4 Å². The van der Waals surface area contributed by atoms with Gasteiger partial charge in [0, 0.05) is 44.1 Å². The number of aromatic nitrogens is 2. The Kier molecular flexibility index (Phi) is 4.61. The largest absolute Gasteiger partial charge is 0.416 e. The van der Waals surface area contributed by atoms with Gasteiger partial charge in [-0.2, -0.15) is 18.2 Å². The van der Waals surface area contributed by atoms with Crippen LogP contribution in [0.5, 0.6) is 0 Å². The quantitative estimate of drug-likeness (QED) is 0.922. The van der Waals surface area contributed by atoms with Crippen LogP contribution in [0.1, 0.15) is 29.5 Å². The van der Waals surface area contributed by atoms with Crippen LogP contribution in [0.15, 0.2) is 30.5 Å². The highest BCUT2D eigenvalue weighted by atomic mass is 19.4. The highest BCUT2D eigenvalue weighted by Crippen LogP contribution is 2.31. The molecule has 0 atom stereocenters. The first-order chi connectivity index (χ1) is 11.8. The van der Waals surface area contributed by atoms with Gasteiger partial charge < -0.3 is 10.6 Å². The molecule has 5 nitrogen and oxygen atoms in total. The van der Waals surface area contributed by atoms with Crippen molar-refractivity contribution in [2.75, 3.05) is 23.7 Å². The van der Waals surface area contributed by atoms with Gasteiger partial charge in [0.25, 0.3) is 0 Å². The molecule has 0 bridgehead atoms. The molecule has 2 aromatic rings. The smallest absolute Gasteiger partial charge is 0.368 e. The summed E-state index contributed by atoms with van der Waals surface area (Å²) in [5.74, 6) is 0.870. The van der Waals surface area contributed by atoms with Crippen molar-refractivity contribution in [3.8, 4) is 0 Å². The van der Waals surface area contributed by atoms with Gasteiger partial charge in [-0.1, -0.05) is 18.2 Å². The molecule has 1 aliphatic heterocycles. The molecule has 25 heavy (non-hydrogen) atoms. The van der Waals surface area contributed by atoms with Gasteiger partial charge in [0.2, 0.25) is 5.95 Å². The summed E-state index contributed by atoms with van der Waals surface area (Å²) in [7, 11) is 0. The average Bonchev–Trinajstić information content (AvgIpc) is 2.57. The van der Waals surface area contributed by atoms with Crippen LogP contribution in [-0.4, -0.2) is 28.8 Å². The maximum absolute atomic E-state index is 12.9. The number of ketones is 1. The van der Waals surface area contributed by atoms with Gasteiger partial charge in [-0.3, -0.25) is 4.79 Å². The number of alkyl halides is 3. The van der Waals surface area contributed by atoms with Crippen molar-refractivity contribution in [1.82, 2.24) is 9.97 Å². The summed E-state index contributed by atoms with van der Waals surface area (Å²) >= 11 is 0. The van der Waals surface area contributed by atoms with Crippen molar-refractivity contribution in [2.45, 2.75) is 25.4 Å². The number of anilines is 2. The molecule has 1 aromatic heterocycles. The molecule has 0 radical (unpaired) electrons. The van der Waals surface area contributed by atoms with E-state index in [-0.39, 0.29) is 18.2 Å². The van der Waals surface area contributed by atoms with Gasteiger partial charge in [-0.25, -0.2) is 4.98 Å². The highest BCUT2D eigenvalue weighted by molar-refractivity contribution is 5.81. The second-order valence-electron chi connectivity index (χ2n) is 5.98. The zero-order valence-electron chi connectivity index (χ0n) is 13.4. The van der Waals surface area contributed by atoms with Gasteiger partial charge >= 0.3 is 6.18 Å². The van der Waals surface area contributed by atoms with Crippen LogP contribution in [0.4, 0.5) is 24.9 Å². The molecule has 2 heterocycles. The number of piperidine rings is 1. The molecule has 8 heteroatoms. The maximum atomic E-state index is 12.9. The van der Waals surface area contributed by atoms with Crippen molar-refractivity contribution >= 4 is 17.5 Å². The molecule has 0 unspecified atom stereocenters. The summed E-state index contributed by atoms with van der Waals surface area (Å²) in [5.41, 5.74) is 6.18. The zero-order valence-corrected chi connectivity index (χ0v) is 13.4. The van der Waals surface area contributed by atoms with Crippen LogP contribution < -0.4 is 10.6 Å². The number of hydrogen-bond acceptors (Lipinski definition) is 5. The van der Waals surface area contributed by atoms with Crippen LogP contribution in [0.2, 0.25) is 0 Å². The van der Waals surface area contributed by atoms with E-state index in [9.17, 15) is 18.0 Å². The van der Waals surface area contributed by atoms with Gasteiger partial charge in [0.15, 0.2) is 0 Å². The molecule has 0 spiro atoms. The first kappa shape index (κ1) is 17.2. The van der Waals surface area contributed by atoms with Crippen molar-refractivity contribution in [3.63, 3.8) is 0 Å². The summed E-state index contributed by atoms with van der Waals surface area (Å²) in [5, 5.41) is 0. The van der Waals surface area contributed by atoms with Crippen LogP contribution in [0.25, 0.3) is 0 Å². The van der Waals surface area contributed by atoms with E-state index in [0.29, 0.717) is 42.9 Å². The van der Waals surface area contributed by atoms with Gasteiger partial charge in [0.1, 0.15) is 11.6 Å². The molecular weight excluding hydrogens is 333 g/mol. The van der Waals surface area contributed by atoms with E-state index in [2.05, 4.69) is 9.97 Å². The lowest BCUT2D eigenvalue weighted by Gasteiger charge is -2.28. The number of nitrogens with zero attached hydrogens (tertiary/aromatic N) is 3. The number of hydrogen-bond donors (Lipinski definition) is 1. The third kappa shape index (κ3) is 4.07. The Balaban J connectivity index is 1.89. The fourth-order valence-electron chi connectivity index (χ4n) is 2.85. The number of benzene rings is 1. The molecule has 0 saturated carbocycles. The van der Waals surface area contributed by atoms with E-state index < -0.39 is 11.7 Å². The third-order valence-electron chi connectivity index (χ3n) is 4.13. The van der Waals surface area contributed by atoms with E-state index in [1.54, 1.807) is 6.07 Å². The molecule has 1 saturated heterocycles. The Morgan fingerprint density at radius 1 is 1.20 bits per heavy atom. The van der Waals surface area contributed by atoms with Crippen molar-refractivity contribution in [1.29, 1.82) is 0 Å². The highest BCUT2D eigenvalue weighted by Gasteiger charge is 2.30. The molecule has 3 rings (SSSR count). The summed E-state index contributed by atoms with van der Waals surface area (Å²) < 4.78 is 38.7. The normalized spacial score (nSPS) is 15.5. The van der Waals surface area contributed by atoms with E-state index in [0.717, 1.165) is 12.1 Å². The topological polar surface area (TPSA) is 72.1 Å². The fraction of sp³-hybridized carbons (Fsp3) is 0.353. The van der Waals surface area contributed by atoms with Crippen molar-refractivity contribution < 1.29 is 18.0 Å². The molecule has 1 fully saturated rings. The van der Waals surface area contributed by atoms with E-state index in [1.807, 2.05) is 4.90 Å². The molecule has 2 N–H and O–H groups in total. The minimum absolute atomic E-state index is 0.0969. The predicted octanol–water partition coefficient (Wildman–Crippen LogP) is 2.84. The SMILES string of the molecule is Nc1ncc(Cc2cccc(C(F)(F)F)c2)c(N2CCC(=O)CC2)n1. The number of carbonyl (C=O) groups is 1. The minimum Gasteiger partial charge on any atom is -0.368 e. The second kappa shape index (κ2) is 6.70. The molecular formula is C17H17F3N4O. The maximum Gasteiger partial charge on any atom is 0.416 e. The summed E-state index contributed by atoms with van der Waals surface area (Å²) in [4.78, 5) is 21.6. The Hall–Kier alpha value is -2.64. The van der Waals surface area contributed by atoms with E-state index in [1.165, 1.54) is 12.3 Å². The number of carbonyl (C=O) groups excluding carboxylic acids is 1. The number of rotatable bonds is 3. The molecule has 0 amide bonds. The molecule has 1 aromatic carbocycles. The summed E-state index contributed by atoms with van der Waals surface area (Å²) in [6.45, 7) is 1.04. The molecule has 132 valence electrons. The van der Waals surface area contributed by atoms with Gasteiger partial charge in [0.05, 0.1) is 5.56 Å². The molecule has 0 aliphatic carbocycles. The first-order valence-corrected chi connectivity index (χ1v) is 7.87. The lowest BCUT2D eigenvalue weighted by Crippen LogP contribution is -2.35. The van der Waals surface area contributed by atoms with Crippen molar-refractivity contribution in [3.05, 3.63) is 47.2 Å². The van der Waals surface area contributed by atoms with E-state index in [4.69, 9.17) is 5.73 Å². The Labute approximate surface area is 142 Å². The number of nitrogens with two attached hydrogens (primary N) is 1. The van der Waals surface area contributed by atoms with Crippen LogP contribution in [0.3, 0.4) is 0 Å². The fourth-order valence-corrected chi connectivity index (χ4v) is 2.85. The Morgan fingerprint density at radius 2 is 1.92 bits per heavy atom. The predicted molar refractivity (Wildman–Crippen MR) is 87.1 cm³/mol. The first-order valence-electron chi connectivity index (χ1n) is 7.87. The third-order valence-corrected chi connectivity index (χ3v) is 4.13. The minimum atomic E-state index is -4.39. The zero-order chi connectivity index (χ0) is 18.0. The Morgan fingerprint density at radius 3 is 2.60 bits per heavy atom. The summed E-state index contributed by atoms with van der Waals surface area (Å²) in [6, 6.07) is 5.19. The average molecular weight is 350 g/mol.